The Kier molecular flexibility index (Phi) is 3.93. The number of aryl methyl sites for hydroxylation is 1. The number of aliphatic imine (C=N–C) groups is 1. The molecule has 0 spiro atoms. The predicted octanol–water partition coefficient (Wildman–Crippen LogP) is 3.41. The van der Waals surface area contributed by atoms with Gasteiger partial charge in [0, 0.05) is 17.7 Å². The fourth-order valence-electron chi connectivity index (χ4n) is 2.26. The van der Waals surface area contributed by atoms with Gasteiger partial charge in [-0.15, -0.1) is 0 Å². The number of carbonyl (C=O) groups excluding carboxylic acids is 1. The molecule has 0 radical (unpaired) electrons. The van der Waals surface area contributed by atoms with Crippen LogP contribution in [0.4, 0.5) is 11.4 Å². The molecule has 1 aromatic rings. The van der Waals surface area contributed by atoms with Crippen LogP contribution >= 0.6 is 12.2 Å². The van der Waals surface area contributed by atoms with Gasteiger partial charge < -0.3 is 10.1 Å². The van der Waals surface area contributed by atoms with Crippen molar-refractivity contribution in [3.63, 3.8) is 0 Å². The Morgan fingerprint density at radius 2 is 2.20 bits per heavy atom. The van der Waals surface area contributed by atoms with Crippen molar-refractivity contribution in [1.29, 1.82) is 0 Å². The summed E-state index contributed by atoms with van der Waals surface area (Å²) in [7, 11) is 0. The third-order valence-corrected chi connectivity index (χ3v) is 3.17. The number of benzene rings is 1. The van der Waals surface area contributed by atoms with Crippen LogP contribution in [0, 0.1) is 6.92 Å². The number of ether oxygens (including phenoxy) is 1. The van der Waals surface area contributed by atoms with Gasteiger partial charge in [0.1, 0.15) is 11.6 Å². The minimum Gasteiger partial charge on any atom is -0.458 e. The first-order valence-corrected chi connectivity index (χ1v) is 6.92. The summed E-state index contributed by atoms with van der Waals surface area (Å²) in [5.41, 5.74) is 3.30. The molecule has 0 bridgehead atoms. The minimum atomic E-state index is -0.488. The maximum atomic E-state index is 12.2. The molecule has 1 atom stereocenters. The van der Waals surface area contributed by atoms with E-state index in [1.165, 1.54) is 0 Å². The van der Waals surface area contributed by atoms with E-state index >= 15 is 0 Å². The Bertz CT molecular complexity index is 599. The molecule has 1 unspecified atom stereocenters. The molecule has 0 saturated heterocycles. The van der Waals surface area contributed by atoms with Crippen molar-refractivity contribution in [1.82, 2.24) is 0 Å². The van der Waals surface area contributed by atoms with Crippen molar-refractivity contribution in [2.45, 2.75) is 45.8 Å². The fourth-order valence-corrected chi connectivity index (χ4v) is 2.36. The number of thiocarbonyl (C=S) groups is 1. The second kappa shape index (κ2) is 5.35. The highest BCUT2D eigenvalue weighted by Gasteiger charge is 2.32. The molecule has 20 heavy (non-hydrogen) atoms. The third kappa shape index (κ3) is 3.06. The number of nitrogens with zero attached hydrogens (tertiary/aromatic N) is 1. The van der Waals surface area contributed by atoms with Crippen LogP contribution in [0.25, 0.3) is 0 Å². The molecule has 1 aromatic carbocycles. The molecule has 1 heterocycles. The number of hydrogen-bond acceptors (Lipinski definition) is 5. The first-order valence-electron chi connectivity index (χ1n) is 6.51. The highest BCUT2D eigenvalue weighted by Crippen LogP contribution is 2.36. The molecule has 1 N–H and O–H groups in total. The molecular weight excluding hydrogens is 272 g/mol. The van der Waals surface area contributed by atoms with Gasteiger partial charge in [0.2, 0.25) is 0 Å². The summed E-state index contributed by atoms with van der Waals surface area (Å²) in [5.74, 6) is -0.245. The van der Waals surface area contributed by atoms with Gasteiger partial charge in [0.05, 0.1) is 10.8 Å². The van der Waals surface area contributed by atoms with Crippen molar-refractivity contribution in [3.8, 4) is 0 Å². The van der Waals surface area contributed by atoms with Crippen LogP contribution in [-0.4, -0.2) is 22.8 Å². The van der Waals surface area contributed by atoms with Crippen molar-refractivity contribution in [3.05, 3.63) is 23.3 Å². The van der Waals surface area contributed by atoms with Gasteiger partial charge in [-0.2, -0.15) is 4.99 Å². The molecule has 1 aliphatic rings. The summed E-state index contributed by atoms with van der Waals surface area (Å²) in [4.78, 5) is 16.2. The SMILES string of the molecule is Cc1ccc(N=C=S)c2c1NC(C(=O)OC(C)(C)C)C2. The van der Waals surface area contributed by atoms with Crippen LogP contribution in [0.2, 0.25) is 0 Å². The topological polar surface area (TPSA) is 50.7 Å². The zero-order valence-corrected chi connectivity index (χ0v) is 12.9. The number of anilines is 1. The monoisotopic (exact) mass is 290 g/mol. The summed E-state index contributed by atoms with van der Waals surface area (Å²) >= 11 is 4.66. The van der Waals surface area contributed by atoms with Crippen LogP contribution in [0.1, 0.15) is 31.9 Å². The maximum Gasteiger partial charge on any atom is 0.329 e. The first-order chi connectivity index (χ1) is 9.31. The average molecular weight is 290 g/mol. The predicted molar refractivity (Wildman–Crippen MR) is 82.8 cm³/mol. The molecule has 0 aromatic heterocycles. The van der Waals surface area contributed by atoms with Crippen LogP contribution < -0.4 is 5.32 Å². The maximum absolute atomic E-state index is 12.2. The number of hydrogen-bond donors (Lipinski definition) is 1. The number of fused-ring (bicyclic) bond motifs is 1. The Hall–Kier alpha value is -1.71. The second-order valence-electron chi connectivity index (χ2n) is 5.89. The van der Waals surface area contributed by atoms with E-state index in [1.54, 1.807) is 0 Å². The normalized spacial score (nSPS) is 16.9. The number of carbonyl (C=O) groups is 1. The average Bonchev–Trinajstić information content (AvgIpc) is 2.77. The molecule has 2 rings (SSSR count). The second-order valence-corrected chi connectivity index (χ2v) is 6.08. The lowest BCUT2D eigenvalue weighted by Gasteiger charge is -2.22. The first kappa shape index (κ1) is 14.7. The molecule has 5 heteroatoms. The summed E-state index contributed by atoms with van der Waals surface area (Å²) in [6.45, 7) is 7.58. The quantitative estimate of drug-likeness (QED) is 0.515. The van der Waals surface area contributed by atoms with Crippen molar-refractivity contribution < 1.29 is 9.53 Å². The Balaban J connectivity index is 2.27. The summed E-state index contributed by atoms with van der Waals surface area (Å²) in [5, 5.41) is 5.61. The zero-order chi connectivity index (χ0) is 14.9. The van der Waals surface area contributed by atoms with Gasteiger partial charge in [0.25, 0.3) is 0 Å². The van der Waals surface area contributed by atoms with E-state index in [9.17, 15) is 4.79 Å². The fraction of sp³-hybridized carbons (Fsp3) is 0.467. The van der Waals surface area contributed by atoms with Crippen LogP contribution in [0.5, 0.6) is 0 Å². The number of nitrogens with one attached hydrogen (secondary N) is 1. The van der Waals surface area contributed by atoms with E-state index in [0.717, 1.165) is 22.5 Å². The molecule has 0 aliphatic carbocycles. The van der Waals surface area contributed by atoms with E-state index in [0.29, 0.717) is 6.42 Å². The van der Waals surface area contributed by atoms with Crippen LogP contribution in [-0.2, 0) is 16.0 Å². The highest BCUT2D eigenvalue weighted by molar-refractivity contribution is 7.78. The van der Waals surface area contributed by atoms with Crippen molar-refractivity contribution in [2.75, 3.05) is 5.32 Å². The minimum absolute atomic E-state index is 0.245. The molecule has 4 nitrogen and oxygen atoms in total. The summed E-state index contributed by atoms with van der Waals surface area (Å²) in [6.07, 6.45) is 0.557. The summed E-state index contributed by atoms with van der Waals surface area (Å²) in [6, 6.07) is 3.48. The third-order valence-electron chi connectivity index (χ3n) is 3.08. The van der Waals surface area contributed by atoms with Gasteiger partial charge in [-0.1, -0.05) is 6.07 Å². The Morgan fingerprint density at radius 3 is 2.80 bits per heavy atom. The smallest absolute Gasteiger partial charge is 0.329 e. The van der Waals surface area contributed by atoms with Gasteiger partial charge in [-0.05, 0) is 51.5 Å². The van der Waals surface area contributed by atoms with E-state index in [2.05, 4.69) is 27.7 Å². The molecule has 106 valence electrons. The van der Waals surface area contributed by atoms with E-state index < -0.39 is 5.60 Å². The van der Waals surface area contributed by atoms with Crippen molar-refractivity contribution in [2.24, 2.45) is 4.99 Å². The van der Waals surface area contributed by atoms with E-state index in [4.69, 9.17) is 4.74 Å². The van der Waals surface area contributed by atoms with E-state index in [1.807, 2.05) is 39.8 Å². The standard InChI is InChI=1S/C15H18N2O2S/c1-9-5-6-11(16-8-20)10-7-12(17-13(9)10)14(18)19-15(2,3)4/h5-6,12,17H,7H2,1-4H3. The van der Waals surface area contributed by atoms with Gasteiger partial charge >= 0.3 is 5.97 Å². The molecule has 0 amide bonds. The molecular formula is C15H18N2O2S. The number of esters is 1. The lowest BCUT2D eigenvalue weighted by molar-refractivity contribution is -0.155. The number of rotatable bonds is 2. The largest absolute Gasteiger partial charge is 0.458 e. The summed E-state index contributed by atoms with van der Waals surface area (Å²) < 4.78 is 5.42. The van der Waals surface area contributed by atoms with Gasteiger partial charge in [-0.25, -0.2) is 4.79 Å². The highest BCUT2D eigenvalue weighted by atomic mass is 32.1. The van der Waals surface area contributed by atoms with Crippen molar-refractivity contribution >= 4 is 34.7 Å². The lowest BCUT2D eigenvalue weighted by atomic mass is 10.0. The zero-order valence-electron chi connectivity index (χ0n) is 12.1. The Morgan fingerprint density at radius 1 is 1.50 bits per heavy atom. The van der Waals surface area contributed by atoms with Crippen LogP contribution in [0.15, 0.2) is 17.1 Å². The van der Waals surface area contributed by atoms with Crippen LogP contribution in [0.3, 0.4) is 0 Å². The molecule has 1 aliphatic heterocycles. The number of isothiocyanates is 1. The van der Waals surface area contributed by atoms with Gasteiger partial charge in [-0.3, -0.25) is 0 Å². The van der Waals surface area contributed by atoms with Gasteiger partial charge in [0.15, 0.2) is 0 Å². The lowest BCUT2D eigenvalue weighted by Crippen LogP contribution is -2.35. The Labute approximate surface area is 124 Å². The molecule has 0 saturated carbocycles. The van der Waals surface area contributed by atoms with E-state index in [-0.39, 0.29) is 12.0 Å². The molecule has 0 fully saturated rings.